The second kappa shape index (κ2) is 8.84. The normalized spacial score (nSPS) is 14.8. The van der Waals surface area contributed by atoms with Crippen molar-refractivity contribution >= 4 is 41.5 Å². The summed E-state index contributed by atoms with van der Waals surface area (Å²) in [7, 11) is 0. The van der Waals surface area contributed by atoms with Crippen molar-refractivity contribution in [3.8, 4) is 0 Å². The lowest BCUT2D eigenvalue weighted by Gasteiger charge is -2.25. The first-order chi connectivity index (χ1) is 9.26. The molecule has 0 aromatic heterocycles. The zero-order chi connectivity index (χ0) is 15.3. The zero-order valence-electron chi connectivity index (χ0n) is 12.6. The summed E-state index contributed by atoms with van der Waals surface area (Å²) in [5.74, 6) is -0.128. The van der Waals surface area contributed by atoms with Crippen LogP contribution in [0.2, 0.25) is 10.0 Å². The van der Waals surface area contributed by atoms with Crippen molar-refractivity contribution in [3.05, 3.63) is 33.8 Å². The minimum absolute atomic E-state index is 0. The van der Waals surface area contributed by atoms with Crippen LogP contribution < -0.4 is 11.1 Å². The largest absolute Gasteiger partial charge is 0.352 e. The molecule has 0 aliphatic rings. The van der Waals surface area contributed by atoms with Gasteiger partial charge in [-0.15, -0.1) is 12.4 Å². The van der Waals surface area contributed by atoms with Crippen LogP contribution in [0.4, 0.5) is 0 Å². The highest BCUT2D eigenvalue weighted by molar-refractivity contribution is 6.35. The van der Waals surface area contributed by atoms with Gasteiger partial charge in [-0.1, -0.05) is 42.6 Å². The summed E-state index contributed by atoms with van der Waals surface area (Å²) < 4.78 is 0. The Morgan fingerprint density at radius 2 is 2.05 bits per heavy atom. The van der Waals surface area contributed by atoms with Gasteiger partial charge in [0.25, 0.3) is 0 Å². The summed E-state index contributed by atoms with van der Waals surface area (Å²) in [6.45, 7) is 5.70. The standard InChI is InChI=1S/C15H22Cl2N2O.ClH/c1-4-7-15(3,18)14(20)19-10(2)8-11-5-6-12(16)9-13(11)17;/h5-6,9-10H,4,7-8,18H2,1-3H3,(H,19,20);1H. The second-order valence-electron chi connectivity index (χ2n) is 5.48. The summed E-state index contributed by atoms with van der Waals surface area (Å²) in [5, 5.41) is 4.16. The van der Waals surface area contributed by atoms with Crippen LogP contribution in [0, 0.1) is 0 Å². The fourth-order valence-electron chi connectivity index (χ4n) is 2.09. The molecule has 3 N–H and O–H groups in total. The monoisotopic (exact) mass is 352 g/mol. The van der Waals surface area contributed by atoms with Gasteiger partial charge in [-0.25, -0.2) is 0 Å². The first-order valence-electron chi connectivity index (χ1n) is 6.80. The Morgan fingerprint density at radius 1 is 1.43 bits per heavy atom. The summed E-state index contributed by atoms with van der Waals surface area (Å²) >= 11 is 12.0. The maximum atomic E-state index is 12.1. The van der Waals surface area contributed by atoms with Crippen LogP contribution in [-0.2, 0) is 11.2 Å². The molecular weight excluding hydrogens is 331 g/mol. The van der Waals surface area contributed by atoms with Crippen molar-refractivity contribution < 1.29 is 4.79 Å². The SMILES string of the molecule is CCCC(C)(N)C(=O)NC(C)Cc1ccc(Cl)cc1Cl.Cl. The number of carbonyl (C=O) groups excluding carboxylic acids is 1. The predicted molar refractivity (Wildman–Crippen MR) is 92.5 cm³/mol. The van der Waals surface area contributed by atoms with Gasteiger partial charge in [0.2, 0.25) is 5.91 Å². The molecule has 1 aromatic carbocycles. The fraction of sp³-hybridized carbons (Fsp3) is 0.533. The van der Waals surface area contributed by atoms with Gasteiger partial charge in [-0.2, -0.15) is 0 Å². The average molecular weight is 354 g/mol. The number of nitrogens with two attached hydrogens (primary N) is 1. The summed E-state index contributed by atoms with van der Waals surface area (Å²) in [6.07, 6.45) is 2.18. The molecule has 0 fully saturated rings. The highest BCUT2D eigenvalue weighted by Gasteiger charge is 2.28. The minimum atomic E-state index is -0.827. The van der Waals surface area contributed by atoms with E-state index in [1.165, 1.54) is 0 Å². The molecular formula is C15H23Cl3N2O. The number of carbonyl (C=O) groups is 1. The first-order valence-corrected chi connectivity index (χ1v) is 7.55. The van der Waals surface area contributed by atoms with E-state index in [4.69, 9.17) is 28.9 Å². The molecule has 0 aliphatic carbocycles. The summed E-state index contributed by atoms with van der Waals surface area (Å²) in [5.41, 5.74) is 6.14. The predicted octanol–water partition coefficient (Wildman–Crippen LogP) is 3.98. The smallest absolute Gasteiger partial charge is 0.240 e. The number of amides is 1. The lowest BCUT2D eigenvalue weighted by molar-refractivity contribution is -0.126. The summed E-state index contributed by atoms with van der Waals surface area (Å²) in [6, 6.07) is 5.33. The third-order valence-electron chi connectivity index (χ3n) is 3.21. The highest BCUT2D eigenvalue weighted by Crippen LogP contribution is 2.22. The third kappa shape index (κ3) is 6.43. The molecule has 21 heavy (non-hydrogen) atoms. The van der Waals surface area contributed by atoms with Crippen LogP contribution in [0.25, 0.3) is 0 Å². The van der Waals surface area contributed by atoms with Crippen LogP contribution in [0.1, 0.15) is 39.2 Å². The molecule has 0 heterocycles. The Morgan fingerprint density at radius 3 is 2.57 bits per heavy atom. The van der Waals surface area contributed by atoms with Gasteiger partial charge in [0.15, 0.2) is 0 Å². The average Bonchev–Trinajstić information content (AvgIpc) is 2.32. The molecule has 3 nitrogen and oxygen atoms in total. The summed E-state index contributed by atoms with van der Waals surface area (Å²) in [4.78, 5) is 12.1. The molecule has 1 rings (SSSR count). The highest BCUT2D eigenvalue weighted by atomic mass is 35.5. The Bertz CT molecular complexity index is 478. The molecule has 0 radical (unpaired) electrons. The molecule has 0 aliphatic heterocycles. The Kier molecular flexibility index (Phi) is 8.64. The molecule has 6 heteroatoms. The van der Waals surface area contributed by atoms with Gasteiger partial charge in [0, 0.05) is 16.1 Å². The van der Waals surface area contributed by atoms with E-state index in [0.29, 0.717) is 22.9 Å². The van der Waals surface area contributed by atoms with E-state index in [9.17, 15) is 4.79 Å². The first kappa shape index (κ1) is 20.5. The van der Waals surface area contributed by atoms with Gasteiger partial charge >= 0.3 is 0 Å². The molecule has 120 valence electrons. The Labute approximate surface area is 143 Å². The minimum Gasteiger partial charge on any atom is -0.352 e. The van der Waals surface area contributed by atoms with Gasteiger partial charge in [0.05, 0.1) is 5.54 Å². The van der Waals surface area contributed by atoms with Crippen molar-refractivity contribution in [1.82, 2.24) is 5.32 Å². The van der Waals surface area contributed by atoms with Gasteiger partial charge in [-0.05, 0) is 44.4 Å². The molecule has 0 saturated heterocycles. The number of halogens is 3. The van der Waals surface area contributed by atoms with Crippen LogP contribution in [0.15, 0.2) is 18.2 Å². The lowest BCUT2D eigenvalue weighted by Crippen LogP contribution is -2.53. The maximum absolute atomic E-state index is 12.1. The number of rotatable bonds is 6. The van der Waals surface area contributed by atoms with Gasteiger partial charge in [0.1, 0.15) is 0 Å². The van der Waals surface area contributed by atoms with Gasteiger partial charge in [-0.3, -0.25) is 4.79 Å². The Hall–Kier alpha value is -0.480. The number of hydrogen-bond acceptors (Lipinski definition) is 2. The molecule has 0 spiro atoms. The van der Waals surface area contributed by atoms with Gasteiger partial charge < -0.3 is 11.1 Å². The molecule has 2 atom stereocenters. The zero-order valence-corrected chi connectivity index (χ0v) is 14.9. The number of hydrogen-bond donors (Lipinski definition) is 2. The van der Waals surface area contributed by atoms with E-state index >= 15 is 0 Å². The van der Waals surface area contributed by atoms with E-state index in [-0.39, 0.29) is 24.4 Å². The van der Waals surface area contributed by atoms with E-state index < -0.39 is 5.54 Å². The molecule has 2 unspecified atom stereocenters. The molecule has 0 saturated carbocycles. The van der Waals surface area contributed by atoms with Crippen LogP contribution in [-0.4, -0.2) is 17.5 Å². The number of nitrogens with one attached hydrogen (secondary N) is 1. The molecule has 1 aromatic rings. The topological polar surface area (TPSA) is 55.1 Å². The van der Waals surface area contributed by atoms with Crippen LogP contribution >= 0.6 is 35.6 Å². The van der Waals surface area contributed by atoms with E-state index in [2.05, 4.69) is 5.32 Å². The van der Waals surface area contributed by atoms with E-state index in [1.807, 2.05) is 19.9 Å². The van der Waals surface area contributed by atoms with E-state index in [1.54, 1.807) is 19.1 Å². The molecule has 0 bridgehead atoms. The number of benzene rings is 1. The molecule has 1 amide bonds. The second-order valence-corrected chi connectivity index (χ2v) is 6.33. The fourth-order valence-corrected chi connectivity index (χ4v) is 2.58. The maximum Gasteiger partial charge on any atom is 0.240 e. The van der Waals surface area contributed by atoms with Crippen LogP contribution in [0.3, 0.4) is 0 Å². The van der Waals surface area contributed by atoms with Crippen molar-refractivity contribution in [2.75, 3.05) is 0 Å². The van der Waals surface area contributed by atoms with Crippen molar-refractivity contribution in [3.63, 3.8) is 0 Å². The van der Waals surface area contributed by atoms with Crippen molar-refractivity contribution in [2.45, 2.75) is 51.6 Å². The third-order valence-corrected chi connectivity index (χ3v) is 3.79. The lowest BCUT2D eigenvalue weighted by atomic mass is 9.95. The van der Waals surface area contributed by atoms with Crippen molar-refractivity contribution in [1.29, 1.82) is 0 Å². The van der Waals surface area contributed by atoms with Crippen molar-refractivity contribution in [2.24, 2.45) is 5.73 Å². The Balaban J connectivity index is 0.00000400. The van der Waals surface area contributed by atoms with Crippen LogP contribution in [0.5, 0.6) is 0 Å². The quantitative estimate of drug-likeness (QED) is 0.812. The van der Waals surface area contributed by atoms with E-state index in [0.717, 1.165) is 12.0 Å².